The van der Waals surface area contributed by atoms with E-state index in [-0.39, 0.29) is 29.6 Å². The Morgan fingerprint density at radius 1 is 1.15 bits per heavy atom. The minimum absolute atomic E-state index is 0.00406. The van der Waals surface area contributed by atoms with Gasteiger partial charge in [-0.25, -0.2) is 4.79 Å². The lowest BCUT2D eigenvalue weighted by Gasteiger charge is -2.43. The summed E-state index contributed by atoms with van der Waals surface area (Å²) in [4.78, 5) is 30.2. The van der Waals surface area contributed by atoms with Crippen molar-refractivity contribution >= 4 is 28.1 Å². The number of esters is 1. The van der Waals surface area contributed by atoms with Crippen LogP contribution in [0.1, 0.15) is 85.7 Å². The fourth-order valence-corrected chi connectivity index (χ4v) is 7.54. The smallest absolute Gasteiger partial charge is 0.341 e. The highest BCUT2D eigenvalue weighted by atomic mass is 32.1. The molecular weight excluding hydrogens is 510 g/mol. The molecule has 0 bridgehead atoms. The molecule has 8 heteroatoms. The van der Waals surface area contributed by atoms with Gasteiger partial charge in [-0.05, 0) is 74.6 Å². The van der Waals surface area contributed by atoms with E-state index in [1.165, 1.54) is 0 Å². The van der Waals surface area contributed by atoms with E-state index in [9.17, 15) is 14.9 Å². The normalized spacial score (nSPS) is 20.3. The van der Waals surface area contributed by atoms with Crippen LogP contribution in [0.25, 0.3) is 0 Å². The summed E-state index contributed by atoms with van der Waals surface area (Å²) in [5.41, 5.74) is 10.6. The van der Waals surface area contributed by atoms with E-state index >= 15 is 0 Å². The molecule has 7 nitrogen and oxygen atoms in total. The Morgan fingerprint density at radius 3 is 2.54 bits per heavy atom. The molecule has 3 aliphatic rings. The van der Waals surface area contributed by atoms with E-state index < -0.39 is 5.92 Å². The van der Waals surface area contributed by atoms with E-state index in [4.69, 9.17) is 15.2 Å². The van der Waals surface area contributed by atoms with Gasteiger partial charge in [-0.1, -0.05) is 26.0 Å². The summed E-state index contributed by atoms with van der Waals surface area (Å²) < 4.78 is 11.1. The van der Waals surface area contributed by atoms with Gasteiger partial charge < -0.3 is 15.2 Å². The highest BCUT2D eigenvalue weighted by molar-refractivity contribution is 7.16. The molecule has 0 saturated heterocycles. The number of allylic oxidation sites excluding steroid dienone is 3. The van der Waals surface area contributed by atoms with Crippen LogP contribution < -0.4 is 15.4 Å². The Morgan fingerprint density at radius 2 is 1.87 bits per heavy atom. The molecule has 39 heavy (non-hydrogen) atoms. The molecule has 2 heterocycles. The summed E-state index contributed by atoms with van der Waals surface area (Å²) in [6.07, 6.45) is 4.71. The largest absolute Gasteiger partial charge is 0.494 e. The average Bonchev–Trinajstić information content (AvgIpc) is 3.27. The summed E-state index contributed by atoms with van der Waals surface area (Å²) in [6, 6.07) is 9.87. The molecule has 0 spiro atoms. The number of aryl methyl sites for hydroxylation is 1. The van der Waals surface area contributed by atoms with E-state index in [1.807, 2.05) is 36.1 Å². The predicted octanol–water partition coefficient (Wildman–Crippen LogP) is 6.14. The molecule has 2 N–H and O–H groups in total. The van der Waals surface area contributed by atoms with Crippen molar-refractivity contribution < 1.29 is 19.1 Å². The first-order valence-corrected chi connectivity index (χ1v) is 14.5. The molecule has 2 aromatic rings. The zero-order valence-electron chi connectivity index (χ0n) is 23.1. The number of benzene rings is 1. The van der Waals surface area contributed by atoms with Gasteiger partial charge in [0.25, 0.3) is 0 Å². The van der Waals surface area contributed by atoms with Crippen LogP contribution in [-0.2, 0) is 22.4 Å². The zero-order chi connectivity index (χ0) is 27.9. The van der Waals surface area contributed by atoms with E-state index in [2.05, 4.69) is 19.9 Å². The number of hydrogen-bond acceptors (Lipinski definition) is 8. The third-order valence-corrected chi connectivity index (χ3v) is 9.02. The summed E-state index contributed by atoms with van der Waals surface area (Å²) in [5, 5.41) is 11.1. The van der Waals surface area contributed by atoms with Gasteiger partial charge in [-0.2, -0.15) is 5.26 Å². The second kappa shape index (κ2) is 10.5. The maximum absolute atomic E-state index is 13.9. The summed E-state index contributed by atoms with van der Waals surface area (Å²) in [7, 11) is 0. The molecule has 1 aromatic heterocycles. The Kier molecular flexibility index (Phi) is 7.30. The second-order valence-electron chi connectivity index (χ2n) is 11.1. The number of hydrogen-bond donors (Lipinski definition) is 1. The summed E-state index contributed by atoms with van der Waals surface area (Å²) >= 11 is 1.54. The molecule has 2 aliphatic carbocycles. The number of ether oxygens (including phenoxy) is 2. The Bertz CT molecular complexity index is 1420. The van der Waals surface area contributed by atoms with Crippen LogP contribution in [0.3, 0.4) is 0 Å². The van der Waals surface area contributed by atoms with Gasteiger partial charge in [0.2, 0.25) is 0 Å². The highest BCUT2D eigenvalue weighted by Crippen LogP contribution is 2.53. The maximum atomic E-state index is 13.9. The highest BCUT2D eigenvalue weighted by Gasteiger charge is 2.46. The standard InChI is InChI=1S/C31H35N3O4S/c1-5-37-19-13-11-18(12-14-19)25-21(17-32)28(33)34(22-15-31(3,4)16-23(35)27(22)25)29-26(30(36)38-6-2)20-9-7-8-10-24(20)39-29/h11-14,25H,5-10,15-16,33H2,1-4H3/t25-/m0/s1. The fraction of sp³-hybridized carbons (Fsp3) is 0.452. The molecule has 1 aliphatic heterocycles. The second-order valence-corrected chi connectivity index (χ2v) is 12.2. The van der Waals surface area contributed by atoms with Crippen LogP contribution in [0.15, 0.2) is 46.9 Å². The van der Waals surface area contributed by atoms with Crippen molar-refractivity contribution in [1.82, 2.24) is 0 Å². The van der Waals surface area contributed by atoms with Crippen LogP contribution in [0.5, 0.6) is 5.75 Å². The Hall–Kier alpha value is -3.57. The third kappa shape index (κ3) is 4.74. The first-order valence-electron chi connectivity index (χ1n) is 13.7. The average molecular weight is 546 g/mol. The van der Waals surface area contributed by atoms with Crippen molar-refractivity contribution in [3.05, 3.63) is 68.5 Å². The molecule has 204 valence electrons. The lowest BCUT2D eigenvalue weighted by atomic mass is 9.68. The van der Waals surface area contributed by atoms with Crippen LogP contribution in [0.2, 0.25) is 0 Å². The van der Waals surface area contributed by atoms with Gasteiger partial charge in [-0.15, -0.1) is 11.3 Å². The number of carbonyl (C=O) groups is 2. The van der Waals surface area contributed by atoms with Crippen LogP contribution >= 0.6 is 11.3 Å². The first kappa shape index (κ1) is 27.0. The number of fused-ring (bicyclic) bond motifs is 1. The van der Waals surface area contributed by atoms with E-state index in [1.54, 1.807) is 18.3 Å². The molecule has 0 radical (unpaired) electrons. The Labute approximate surface area is 233 Å². The summed E-state index contributed by atoms with van der Waals surface area (Å²) in [6.45, 7) is 8.67. The molecule has 1 atom stereocenters. The van der Waals surface area contributed by atoms with Crippen molar-refractivity contribution in [2.24, 2.45) is 11.1 Å². The van der Waals surface area contributed by atoms with Crippen LogP contribution in [-0.4, -0.2) is 25.0 Å². The predicted molar refractivity (Wildman–Crippen MR) is 152 cm³/mol. The SMILES string of the molecule is CCOC(=O)c1c(N2C(N)=C(C#N)[C@H](c3ccc(OCC)cc3)C3=C2CC(C)(C)CC3=O)sc2c1CCCC2. The van der Waals surface area contributed by atoms with Crippen LogP contribution in [0.4, 0.5) is 5.00 Å². The number of Topliss-reactive ketones (excluding diaryl/α,β-unsaturated/α-hetero) is 1. The lowest BCUT2D eigenvalue weighted by molar-refractivity contribution is -0.118. The van der Waals surface area contributed by atoms with Gasteiger partial charge >= 0.3 is 5.97 Å². The molecule has 0 unspecified atom stereocenters. The van der Waals surface area contributed by atoms with Gasteiger partial charge in [0.05, 0.1) is 36.3 Å². The van der Waals surface area contributed by atoms with Crippen molar-refractivity contribution in [2.75, 3.05) is 18.1 Å². The minimum Gasteiger partial charge on any atom is -0.494 e. The topological polar surface area (TPSA) is 106 Å². The number of nitrogens with two attached hydrogens (primary N) is 1. The van der Waals surface area contributed by atoms with E-state index in [0.717, 1.165) is 53.1 Å². The van der Waals surface area contributed by atoms with Crippen LogP contribution in [0, 0.1) is 16.7 Å². The van der Waals surface area contributed by atoms with Gasteiger partial charge in [-0.3, -0.25) is 9.69 Å². The lowest BCUT2D eigenvalue weighted by Crippen LogP contribution is -2.42. The van der Waals surface area contributed by atoms with Gasteiger partial charge in [0.1, 0.15) is 16.6 Å². The molecule has 1 aromatic carbocycles. The minimum atomic E-state index is -0.582. The number of carbonyl (C=O) groups excluding carboxylic acids is 2. The number of thiophene rings is 1. The number of ketones is 1. The molecule has 0 saturated carbocycles. The number of nitrogens with zero attached hydrogens (tertiary/aromatic N) is 2. The Balaban J connectivity index is 1.75. The van der Waals surface area contributed by atoms with Crippen molar-refractivity contribution in [1.29, 1.82) is 5.26 Å². The quantitative estimate of drug-likeness (QED) is 0.434. The number of rotatable bonds is 6. The molecule has 0 fully saturated rings. The van der Waals surface area contributed by atoms with Crippen molar-refractivity contribution in [3.63, 3.8) is 0 Å². The fourth-order valence-electron chi connectivity index (χ4n) is 6.12. The maximum Gasteiger partial charge on any atom is 0.341 e. The molecule has 0 amide bonds. The monoisotopic (exact) mass is 545 g/mol. The number of nitriles is 1. The van der Waals surface area contributed by atoms with Gasteiger partial charge in [0, 0.05) is 22.6 Å². The summed E-state index contributed by atoms with van der Waals surface area (Å²) in [5.74, 6) is 0.0356. The third-order valence-electron chi connectivity index (χ3n) is 7.74. The first-order chi connectivity index (χ1) is 18.7. The van der Waals surface area contributed by atoms with Crippen molar-refractivity contribution in [2.45, 2.75) is 72.1 Å². The molecule has 5 rings (SSSR count). The number of anilines is 1. The van der Waals surface area contributed by atoms with Gasteiger partial charge in [0.15, 0.2) is 5.78 Å². The van der Waals surface area contributed by atoms with Crippen molar-refractivity contribution in [3.8, 4) is 11.8 Å². The molecular formula is C31H35N3O4S. The van der Waals surface area contributed by atoms with E-state index in [0.29, 0.717) is 41.2 Å². The zero-order valence-corrected chi connectivity index (χ0v) is 23.9.